The van der Waals surface area contributed by atoms with E-state index in [0.29, 0.717) is 5.92 Å². The molecule has 3 rings (SSSR count). The SMILES string of the molecule is CCN(CCNC(=NC)N1CCC(N(CC2CC2)C(=O)OC(C)(C)C)CC1)C1CC1. The molecule has 0 spiro atoms. The summed E-state index contributed by atoms with van der Waals surface area (Å²) in [6.45, 7) is 13.9. The molecule has 7 heteroatoms. The number of nitrogens with one attached hydrogen (secondary N) is 1. The molecule has 1 amide bonds. The summed E-state index contributed by atoms with van der Waals surface area (Å²) in [6.07, 6.45) is 6.98. The van der Waals surface area contributed by atoms with Crippen molar-refractivity contribution in [3.63, 3.8) is 0 Å². The van der Waals surface area contributed by atoms with Gasteiger partial charge in [-0.3, -0.25) is 9.89 Å². The maximum atomic E-state index is 12.8. The van der Waals surface area contributed by atoms with Crippen LogP contribution >= 0.6 is 0 Å². The Bertz CT molecular complexity index is 587. The number of likely N-dealkylation sites (N-methyl/N-ethyl adjacent to an activating group) is 1. The van der Waals surface area contributed by atoms with E-state index in [1.807, 2.05) is 32.7 Å². The molecule has 0 bridgehead atoms. The van der Waals surface area contributed by atoms with Crippen LogP contribution in [-0.4, -0.2) is 90.8 Å². The van der Waals surface area contributed by atoms with E-state index >= 15 is 0 Å². The number of ether oxygens (including phenoxy) is 1. The van der Waals surface area contributed by atoms with Gasteiger partial charge in [0.15, 0.2) is 5.96 Å². The van der Waals surface area contributed by atoms with Crippen molar-refractivity contribution < 1.29 is 9.53 Å². The van der Waals surface area contributed by atoms with Gasteiger partial charge in [0.2, 0.25) is 0 Å². The number of carbonyl (C=O) groups is 1. The highest BCUT2D eigenvalue weighted by Crippen LogP contribution is 2.32. The number of carbonyl (C=O) groups excluding carboxylic acids is 1. The quantitative estimate of drug-likeness (QED) is 0.482. The maximum Gasteiger partial charge on any atom is 0.410 e. The van der Waals surface area contributed by atoms with Gasteiger partial charge >= 0.3 is 6.09 Å². The molecule has 172 valence electrons. The molecule has 2 aliphatic carbocycles. The highest BCUT2D eigenvalue weighted by atomic mass is 16.6. The summed E-state index contributed by atoms with van der Waals surface area (Å²) >= 11 is 0. The molecular weight excluding hydrogens is 378 g/mol. The lowest BCUT2D eigenvalue weighted by Gasteiger charge is -2.40. The number of nitrogens with zero attached hydrogens (tertiary/aromatic N) is 4. The lowest BCUT2D eigenvalue weighted by molar-refractivity contribution is 0.00928. The second kappa shape index (κ2) is 10.2. The van der Waals surface area contributed by atoms with Gasteiger partial charge in [-0.2, -0.15) is 0 Å². The summed E-state index contributed by atoms with van der Waals surface area (Å²) in [5, 5.41) is 3.56. The van der Waals surface area contributed by atoms with E-state index in [4.69, 9.17) is 4.74 Å². The molecule has 0 unspecified atom stereocenters. The van der Waals surface area contributed by atoms with Crippen LogP contribution in [0.5, 0.6) is 0 Å². The van der Waals surface area contributed by atoms with Crippen molar-refractivity contribution in [3.8, 4) is 0 Å². The summed E-state index contributed by atoms with van der Waals surface area (Å²) in [4.78, 5) is 24.3. The molecule has 0 radical (unpaired) electrons. The lowest BCUT2D eigenvalue weighted by atomic mass is 10.0. The van der Waals surface area contributed by atoms with Gasteiger partial charge in [0, 0.05) is 51.9 Å². The van der Waals surface area contributed by atoms with Crippen molar-refractivity contribution in [3.05, 3.63) is 0 Å². The highest BCUT2D eigenvalue weighted by molar-refractivity contribution is 5.80. The van der Waals surface area contributed by atoms with E-state index < -0.39 is 5.60 Å². The molecule has 30 heavy (non-hydrogen) atoms. The molecule has 0 aromatic carbocycles. The van der Waals surface area contributed by atoms with E-state index in [1.165, 1.54) is 25.7 Å². The number of rotatable bonds is 8. The maximum absolute atomic E-state index is 12.8. The van der Waals surface area contributed by atoms with E-state index in [0.717, 1.165) is 64.1 Å². The number of guanidine groups is 1. The topological polar surface area (TPSA) is 60.4 Å². The zero-order chi connectivity index (χ0) is 21.7. The highest BCUT2D eigenvalue weighted by Gasteiger charge is 2.35. The van der Waals surface area contributed by atoms with Crippen LogP contribution in [0.4, 0.5) is 4.79 Å². The van der Waals surface area contributed by atoms with Crippen molar-refractivity contribution in [2.75, 3.05) is 46.3 Å². The molecule has 0 aromatic heterocycles. The average molecular weight is 422 g/mol. The van der Waals surface area contributed by atoms with Crippen molar-refractivity contribution in [1.82, 2.24) is 20.0 Å². The normalized spacial score (nSPS) is 21.1. The number of piperidine rings is 1. The van der Waals surface area contributed by atoms with Gasteiger partial charge in [0.25, 0.3) is 0 Å². The molecule has 0 aromatic rings. The summed E-state index contributed by atoms with van der Waals surface area (Å²) < 4.78 is 5.72. The molecule has 2 saturated carbocycles. The Hall–Kier alpha value is -1.50. The third kappa shape index (κ3) is 7.03. The van der Waals surface area contributed by atoms with E-state index in [2.05, 4.69) is 27.0 Å². The molecule has 1 heterocycles. The van der Waals surface area contributed by atoms with Gasteiger partial charge in [-0.15, -0.1) is 0 Å². The fourth-order valence-electron chi connectivity index (χ4n) is 4.34. The minimum absolute atomic E-state index is 0.143. The summed E-state index contributed by atoms with van der Waals surface area (Å²) in [5.74, 6) is 1.66. The first-order chi connectivity index (χ1) is 14.3. The Morgan fingerprint density at radius 3 is 2.27 bits per heavy atom. The van der Waals surface area contributed by atoms with Gasteiger partial charge in [-0.05, 0) is 71.8 Å². The third-order valence-corrected chi connectivity index (χ3v) is 6.35. The lowest BCUT2D eigenvalue weighted by Crippen LogP contribution is -2.53. The molecule has 3 fully saturated rings. The van der Waals surface area contributed by atoms with E-state index in [-0.39, 0.29) is 12.1 Å². The van der Waals surface area contributed by atoms with Crippen LogP contribution < -0.4 is 5.32 Å². The van der Waals surface area contributed by atoms with Gasteiger partial charge in [-0.1, -0.05) is 6.92 Å². The van der Waals surface area contributed by atoms with Gasteiger partial charge < -0.3 is 19.9 Å². The van der Waals surface area contributed by atoms with Crippen LogP contribution in [0, 0.1) is 5.92 Å². The van der Waals surface area contributed by atoms with Gasteiger partial charge in [0.05, 0.1) is 0 Å². The number of hydrogen-bond donors (Lipinski definition) is 1. The van der Waals surface area contributed by atoms with E-state index in [1.54, 1.807) is 0 Å². The van der Waals surface area contributed by atoms with Crippen molar-refractivity contribution >= 4 is 12.1 Å². The molecule has 1 aliphatic heterocycles. The molecule has 1 saturated heterocycles. The standard InChI is InChI=1S/C23H43N5O2/c1-6-26(19-9-10-19)16-13-25-21(24-5)27-14-11-20(12-15-27)28(17-18-7-8-18)22(29)30-23(2,3)4/h18-20H,6-17H2,1-5H3,(H,24,25). The predicted molar refractivity (Wildman–Crippen MR) is 122 cm³/mol. The van der Waals surface area contributed by atoms with Crippen LogP contribution in [0.2, 0.25) is 0 Å². The Kier molecular flexibility index (Phi) is 7.88. The number of likely N-dealkylation sites (tertiary alicyclic amines) is 1. The van der Waals surface area contributed by atoms with Crippen molar-refractivity contribution in [2.45, 2.75) is 83.9 Å². The fraction of sp³-hybridized carbons (Fsp3) is 0.913. The van der Waals surface area contributed by atoms with Crippen molar-refractivity contribution in [2.24, 2.45) is 10.9 Å². The van der Waals surface area contributed by atoms with Gasteiger partial charge in [-0.25, -0.2) is 4.79 Å². The first kappa shape index (κ1) is 23.2. The largest absolute Gasteiger partial charge is 0.444 e. The average Bonchev–Trinajstić information content (AvgIpc) is 3.60. The minimum atomic E-state index is -0.446. The summed E-state index contributed by atoms with van der Waals surface area (Å²) in [5.41, 5.74) is -0.446. The molecule has 0 atom stereocenters. The van der Waals surface area contributed by atoms with Crippen LogP contribution in [-0.2, 0) is 4.74 Å². The van der Waals surface area contributed by atoms with Gasteiger partial charge in [0.1, 0.15) is 5.60 Å². The second-order valence-corrected chi connectivity index (χ2v) is 10.1. The number of aliphatic imine (C=N–C) groups is 1. The minimum Gasteiger partial charge on any atom is -0.444 e. The first-order valence-electron chi connectivity index (χ1n) is 12.0. The molecule has 3 aliphatic rings. The first-order valence-corrected chi connectivity index (χ1v) is 12.0. The van der Waals surface area contributed by atoms with Crippen LogP contribution in [0.15, 0.2) is 4.99 Å². The Balaban J connectivity index is 1.47. The van der Waals surface area contributed by atoms with Crippen LogP contribution in [0.3, 0.4) is 0 Å². The third-order valence-electron chi connectivity index (χ3n) is 6.35. The summed E-state index contributed by atoms with van der Waals surface area (Å²) in [6, 6.07) is 1.07. The molecule has 7 nitrogen and oxygen atoms in total. The Morgan fingerprint density at radius 2 is 1.77 bits per heavy atom. The smallest absolute Gasteiger partial charge is 0.410 e. The monoisotopic (exact) mass is 421 g/mol. The number of amides is 1. The van der Waals surface area contributed by atoms with Crippen LogP contribution in [0.1, 0.15) is 66.2 Å². The van der Waals surface area contributed by atoms with Crippen molar-refractivity contribution in [1.29, 1.82) is 0 Å². The molecule has 1 N–H and O–H groups in total. The fourth-order valence-corrected chi connectivity index (χ4v) is 4.34. The van der Waals surface area contributed by atoms with E-state index in [9.17, 15) is 4.79 Å². The Labute approximate surface area is 183 Å². The zero-order valence-electron chi connectivity index (χ0n) is 19.8. The molecular formula is C23H43N5O2. The van der Waals surface area contributed by atoms with Crippen LogP contribution in [0.25, 0.3) is 0 Å². The second-order valence-electron chi connectivity index (χ2n) is 10.1. The zero-order valence-corrected chi connectivity index (χ0v) is 19.8. The predicted octanol–water partition coefficient (Wildman–Crippen LogP) is 3.16. The Morgan fingerprint density at radius 1 is 1.10 bits per heavy atom. The number of hydrogen-bond acceptors (Lipinski definition) is 4. The summed E-state index contributed by atoms with van der Waals surface area (Å²) in [7, 11) is 1.87.